The molecule has 0 aliphatic heterocycles. The highest BCUT2D eigenvalue weighted by Crippen LogP contribution is 2.22. The summed E-state index contributed by atoms with van der Waals surface area (Å²) in [5.74, 6) is -1.25. The van der Waals surface area contributed by atoms with Gasteiger partial charge in [-0.15, -0.1) is 0 Å². The maximum Gasteiger partial charge on any atom is 0.335 e. The molecule has 3 rings (SSSR count). The minimum atomic E-state index is -0.984. The van der Waals surface area contributed by atoms with Crippen molar-refractivity contribution < 1.29 is 14.7 Å². The number of hydrogen-bond acceptors (Lipinski definition) is 4. The van der Waals surface area contributed by atoms with Gasteiger partial charge in [-0.05, 0) is 38.5 Å². The van der Waals surface area contributed by atoms with Gasteiger partial charge >= 0.3 is 5.97 Å². The molecule has 1 amide bonds. The molecular formula is C18H18N4O3. The third kappa shape index (κ3) is 3.08. The second-order valence-electron chi connectivity index (χ2n) is 6.32. The molecule has 0 atom stereocenters. The van der Waals surface area contributed by atoms with Crippen LogP contribution in [0.3, 0.4) is 0 Å². The number of carbonyl (C=O) groups excluding carboxylic acids is 1. The lowest BCUT2D eigenvalue weighted by Gasteiger charge is -2.27. The zero-order valence-corrected chi connectivity index (χ0v) is 14.1. The maximum absolute atomic E-state index is 12.7. The number of benzene rings is 1. The molecule has 7 heteroatoms. The fraction of sp³-hybridized carbons (Fsp3) is 0.222. The van der Waals surface area contributed by atoms with Crippen LogP contribution in [0.5, 0.6) is 0 Å². The molecule has 0 bridgehead atoms. The highest BCUT2D eigenvalue weighted by molar-refractivity contribution is 5.95. The molecule has 2 N–H and O–H groups in total. The van der Waals surface area contributed by atoms with Gasteiger partial charge in [-0.3, -0.25) is 4.79 Å². The van der Waals surface area contributed by atoms with E-state index >= 15 is 0 Å². The highest BCUT2D eigenvalue weighted by atomic mass is 16.4. The molecule has 1 aromatic carbocycles. The Bertz CT molecular complexity index is 958. The van der Waals surface area contributed by atoms with Crippen LogP contribution in [-0.2, 0) is 5.54 Å². The smallest absolute Gasteiger partial charge is 0.335 e. The van der Waals surface area contributed by atoms with E-state index in [0.717, 1.165) is 5.56 Å². The Hall–Kier alpha value is -3.22. The number of nitrogens with one attached hydrogen (secondary N) is 1. The van der Waals surface area contributed by atoms with E-state index in [1.54, 1.807) is 28.9 Å². The molecule has 3 aromatic rings. The quantitative estimate of drug-likeness (QED) is 0.761. The Labute approximate surface area is 144 Å². The number of carboxylic acids is 1. The Kier molecular flexibility index (Phi) is 4.00. The second kappa shape index (κ2) is 6.01. The summed E-state index contributed by atoms with van der Waals surface area (Å²) in [6.07, 6.45) is 3.16. The number of fused-ring (bicyclic) bond motifs is 1. The summed E-state index contributed by atoms with van der Waals surface area (Å²) < 4.78 is 1.61. The third-order valence-electron chi connectivity index (χ3n) is 4.18. The zero-order valence-electron chi connectivity index (χ0n) is 14.1. The van der Waals surface area contributed by atoms with Crippen LogP contribution in [-0.4, -0.2) is 31.6 Å². The van der Waals surface area contributed by atoms with Crippen LogP contribution >= 0.6 is 0 Å². The summed E-state index contributed by atoms with van der Waals surface area (Å²) in [7, 11) is 0. The van der Waals surface area contributed by atoms with E-state index in [0.29, 0.717) is 16.9 Å². The number of aromatic carboxylic acids is 1. The minimum Gasteiger partial charge on any atom is -0.478 e. The van der Waals surface area contributed by atoms with Gasteiger partial charge in [0.25, 0.3) is 5.91 Å². The molecule has 0 saturated carbocycles. The number of rotatable bonds is 4. The predicted octanol–water partition coefficient (Wildman–Crippen LogP) is 2.40. The normalized spacial score (nSPS) is 11.5. The Balaban J connectivity index is 1.87. The van der Waals surface area contributed by atoms with Crippen LogP contribution in [0.1, 0.15) is 45.8 Å². The largest absolute Gasteiger partial charge is 0.478 e. The van der Waals surface area contributed by atoms with E-state index in [9.17, 15) is 9.59 Å². The van der Waals surface area contributed by atoms with Crippen molar-refractivity contribution in [2.45, 2.75) is 26.3 Å². The molecule has 128 valence electrons. The van der Waals surface area contributed by atoms with Gasteiger partial charge in [-0.2, -0.15) is 5.10 Å². The molecule has 0 aliphatic carbocycles. The number of hydrogen-bond donors (Lipinski definition) is 2. The van der Waals surface area contributed by atoms with Crippen LogP contribution in [0.15, 0.2) is 42.7 Å². The van der Waals surface area contributed by atoms with Crippen molar-refractivity contribution >= 4 is 17.5 Å². The lowest BCUT2D eigenvalue weighted by molar-refractivity contribution is 0.0696. The molecule has 25 heavy (non-hydrogen) atoms. The molecule has 2 aromatic heterocycles. The van der Waals surface area contributed by atoms with Gasteiger partial charge in [0.1, 0.15) is 0 Å². The molecule has 0 unspecified atom stereocenters. The van der Waals surface area contributed by atoms with Crippen LogP contribution in [0, 0.1) is 6.92 Å². The summed E-state index contributed by atoms with van der Waals surface area (Å²) >= 11 is 0. The average molecular weight is 338 g/mol. The lowest BCUT2D eigenvalue weighted by atomic mass is 9.93. The van der Waals surface area contributed by atoms with Gasteiger partial charge in [0.15, 0.2) is 5.65 Å². The first-order valence-corrected chi connectivity index (χ1v) is 7.75. The Morgan fingerprint density at radius 3 is 2.48 bits per heavy atom. The second-order valence-corrected chi connectivity index (χ2v) is 6.32. The van der Waals surface area contributed by atoms with Crippen molar-refractivity contribution in [2.24, 2.45) is 0 Å². The van der Waals surface area contributed by atoms with E-state index in [-0.39, 0.29) is 11.5 Å². The first-order chi connectivity index (χ1) is 11.8. The third-order valence-corrected chi connectivity index (χ3v) is 4.18. The fourth-order valence-corrected chi connectivity index (χ4v) is 2.67. The van der Waals surface area contributed by atoms with Crippen LogP contribution in [0.2, 0.25) is 0 Å². The molecule has 2 heterocycles. The van der Waals surface area contributed by atoms with E-state index in [1.165, 1.54) is 18.3 Å². The minimum absolute atomic E-state index is 0.204. The van der Waals surface area contributed by atoms with Crippen molar-refractivity contribution in [1.29, 1.82) is 0 Å². The average Bonchev–Trinajstić information content (AvgIpc) is 3.04. The van der Waals surface area contributed by atoms with Crippen LogP contribution < -0.4 is 5.32 Å². The highest BCUT2D eigenvalue weighted by Gasteiger charge is 2.25. The standard InChI is InChI=1S/C18H18N4O3/c1-11-14(10-19-15-8-9-20-22(11)15)16(23)21-18(2,3)13-6-4-12(5-7-13)17(24)25/h4-10H,1-3H3,(H,21,23)(H,24,25). The number of carboxylic acid groups (broad SMARTS) is 1. The predicted molar refractivity (Wildman–Crippen MR) is 91.6 cm³/mol. The number of carbonyl (C=O) groups is 2. The first kappa shape index (κ1) is 16.6. The van der Waals surface area contributed by atoms with Gasteiger partial charge in [0.2, 0.25) is 0 Å². The van der Waals surface area contributed by atoms with E-state index < -0.39 is 11.5 Å². The molecule has 0 fully saturated rings. The van der Waals surface area contributed by atoms with Gasteiger partial charge in [0, 0.05) is 12.3 Å². The summed E-state index contributed by atoms with van der Waals surface area (Å²) in [5.41, 5.74) is 2.14. The molecule has 0 aliphatic rings. The molecule has 0 saturated heterocycles. The van der Waals surface area contributed by atoms with Crippen molar-refractivity contribution in [3.05, 3.63) is 65.1 Å². The summed E-state index contributed by atoms with van der Waals surface area (Å²) in [6, 6.07) is 8.21. The number of aryl methyl sites for hydroxylation is 1. The fourth-order valence-electron chi connectivity index (χ4n) is 2.67. The summed E-state index contributed by atoms with van der Waals surface area (Å²) in [4.78, 5) is 27.9. The van der Waals surface area contributed by atoms with E-state index in [2.05, 4.69) is 15.4 Å². The molecular weight excluding hydrogens is 320 g/mol. The van der Waals surface area contributed by atoms with Gasteiger partial charge < -0.3 is 10.4 Å². The Morgan fingerprint density at radius 1 is 1.16 bits per heavy atom. The SMILES string of the molecule is Cc1c(C(=O)NC(C)(C)c2ccc(C(=O)O)cc2)cnc2ccnn12. The van der Waals surface area contributed by atoms with Gasteiger partial charge in [0.05, 0.1) is 28.6 Å². The summed E-state index contributed by atoms with van der Waals surface area (Å²) in [6.45, 7) is 5.52. The number of aromatic nitrogens is 3. The lowest BCUT2D eigenvalue weighted by Crippen LogP contribution is -2.41. The molecule has 0 radical (unpaired) electrons. The molecule has 7 nitrogen and oxygen atoms in total. The molecule has 0 spiro atoms. The van der Waals surface area contributed by atoms with Crippen LogP contribution in [0.4, 0.5) is 0 Å². The monoisotopic (exact) mass is 338 g/mol. The van der Waals surface area contributed by atoms with Crippen LogP contribution in [0.25, 0.3) is 5.65 Å². The summed E-state index contributed by atoms with van der Waals surface area (Å²) in [5, 5.41) is 16.1. The van der Waals surface area contributed by atoms with Crippen molar-refractivity contribution in [2.75, 3.05) is 0 Å². The topological polar surface area (TPSA) is 96.6 Å². The number of amides is 1. The maximum atomic E-state index is 12.7. The van der Waals surface area contributed by atoms with Crippen molar-refractivity contribution in [3.63, 3.8) is 0 Å². The number of nitrogens with zero attached hydrogens (tertiary/aromatic N) is 3. The van der Waals surface area contributed by atoms with Gasteiger partial charge in [-0.1, -0.05) is 12.1 Å². The van der Waals surface area contributed by atoms with E-state index in [4.69, 9.17) is 5.11 Å². The van der Waals surface area contributed by atoms with E-state index in [1.807, 2.05) is 20.8 Å². The zero-order chi connectivity index (χ0) is 18.2. The van der Waals surface area contributed by atoms with Gasteiger partial charge in [-0.25, -0.2) is 14.3 Å². The Morgan fingerprint density at radius 2 is 1.84 bits per heavy atom. The first-order valence-electron chi connectivity index (χ1n) is 7.75. The van der Waals surface area contributed by atoms with Crippen molar-refractivity contribution in [3.8, 4) is 0 Å². The van der Waals surface area contributed by atoms with Crippen molar-refractivity contribution in [1.82, 2.24) is 19.9 Å².